The Bertz CT molecular complexity index is 764. The van der Waals surface area contributed by atoms with Gasteiger partial charge in [-0.05, 0) is 31.5 Å². The highest BCUT2D eigenvalue weighted by Crippen LogP contribution is 2.26. The maximum Gasteiger partial charge on any atom is 0.227 e. The number of likely N-dealkylation sites (tertiary alicyclic amines) is 1. The van der Waals surface area contributed by atoms with Crippen LogP contribution in [0.1, 0.15) is 31.1 Å². The van der Waals surface area contributed by atoms with Crippen molar-refractivity contribution in [1.29, 1.82) is 0 Å². The molecular weight excluding hydrogens is 351 g/mol. The number of amides is 1. The first-order chi connectivity index (χ1) is 11.2. The van der Waals surface area contributed by atoms with Crippen LogP contribution >= 0.6 is 23.2 Å². The van der Waals surface area contributed by atoms with E-state index in [1.165, 1.54) is 0 Å². The van der Waals surface area contributed by atoms with Crippen molar-refractivity contribution in [1.82, 2.24) is 19.9 Å². The van der Waals surface area contributed by atoms with E-state index in [1.54, 1.807) is 47.8 Å². The van der Waals surface area contributed by atoms with E-state index in [4.69, 9.17) is 23.2 Å². The van der Waals surface area contributed by atoms with Crippen LogP contribution in [0, 0.1) is 0 Å². The van der Waals surface area contributed by atoms with E-state index in [2.05, 4.69) is 10.3 Å². The highest BCUT2D eigenvalue weighted by Gasteiger charge is 2.33. The van der Waals surface area contributed by atoms with Crippen molar-refractivity contribution in [3.63, 3.8) is 0 Å². The molecule has 3 rings (SSSR count). The first-order valence-corrected chi connectivity index (χ1v) is 8.36. The van der Waals surface area contributed by atoms with Crippen molar-refractivity contribution in [2.45, 2.75) is 31.9 Å². The molecule has 0 atom stereocenters. The molecular formula is C16H18Cl2N4O2. The lowest BCUT2D eigenvalue weighted by molar-refractivity contribution is -0.136. The summed E-state index contributed by atoms with van der Waals surface area (Å²) >= 11 is 11.8. The lowest BCUT2D eigenvalue weighted by atomic mass is 10.1. The van der Waals surface area contributed by atoms with Crippen molar-refractivity contribution in [3.8, 4) is 0 Å². The second kappa shape index (κ2) is 6.35. The third kappa shape index (κ3) is 3.55. The fraction of sp³-hybridized carbons (Fsp3) is 0.438. The number of carbonyl (C=O) groups excluding carboxylic acids is 1. The van der Waals surface area contributed by atoms with Crippen molar-refractivity contribution in [2.24, 2.45) is 0 Å². The van der Waals surface area contributed by atoms with Gasteiger partial charge in [-0.3, -0.25) is 4.79 Å². The van der Waals surface area contributed by atoms with E-state index in [1.807, 2.05) is 0 Å². The molecule has 1 saturated heterocycles. The van der Waals surface area contributed by atoms with Crippen molar-refractivity contribution in [2.75, 3.05) is 13.1 Å². The number of hydrogen-bond acceptors (Lipinski definition) is 4. The summed E-state index contributed by atoms with van der Waals surface area (Å²) in [6.45, 7) is 4.48. The minimum atomic E-state index is -1.02. The molecule has 0 aliphatic carbocycles. The molecule has 2 aromatic rings. The number of carbonyl (C=O) groups is 1. The molecule has 128 valence electrons. The topological polar surface area (TPSA) is 71.2 Å². The number of aliphatic hydroxyl groups is 1. The Morgan fingerprint density at radius 1 is 1.33 bits per heavy atom. The quantitative estimate of drug-likeness (QED) is 0.899. The maximum absolute atomic E-state index is 12.3. The minimum Gasteiger partial charge on any atom is -0.384 e. The van der Waals surface area contributed by atoms with E-state index >= 15 is 0 Å². The summed E-state index contributed by atoms with van der Waals surface area (Å²) in [7, 11) is 0. The molecule has 1 aliphatic rings. The van der Waals surface area contributed by atoms with Gasteiger partial charge in [0, 0.05) is 13.1 Å². The van der Waals surface area contributed by atoms with Gasteiger partial charge in [-0.25, -0.2) is 4.68 Å². The first kappa shape index (κ1) is 17.2. The Labute approximate surface area is 150 Å². The van der Waals surface area contributed by atoms with Crippen LogP contribution in [0.4, 0.5) is 0 Å². The molecule has 0 radical (unpaired) electrons. The van der Waals surface area contributed by atoms with E-state index < -0.39 is 5.60 Å². The van der Waals surface area contributed by atoms with Gasteiger partial charge in [0.2, 0.25) is 5.91 Å². The molecule has 1 N–H and O–H groups in total. The molecule has 2 heterocycles. The van der Waals surface area contributed by atoms with Crippen molar-refractivity contribution >= 4 is 29.1 Å². The van der Waals surface area contributed by atoms with Gasteiger partial charge < -0.3 is 10.0 Å². The molecule has 0 bridgehead atoms. The van der Waals surface area contributed by atoms with Crippen LogP contribution in [-0.4, -0.2) is 44.0 Å². The van der Waals surface area contributed by atoms with Gasteiger partial charge in [-0.2, -0.15) is 0 Å². The van der Waals surface area contributed by atoms with Gasteiger partial charge in [0.1, 0.15) is 11.3 Å². The van der Waals surface area contributed by atoms with Crippen LogP contribution in [0.5, 0.6) is 0 Å². The molecule has 24 heavy (non-hydrogen) atoms. The maximum atomic E-state index is 12.3. The van der Waals surface area contributed by atoms with E-state index in [-0.39, 0.29) is 18.4 Å². The molecule has 1 aromatic heterocycles. The highest BCUT2D eigenvalue weighted by atomic mass is 35.5. The summed E-state index contributed by atoms with van der Waals surface area (Å²) in [4.78, 5) is 14.1. The Hall–Kier alpha value is -1.63. The van der Waals surface area contributed by atoms with Gasteiger partial charge in [0.25, 0.3) is 0 Å². The Balaban J connectivity index is 1.57. The predicted molar refractivity (Wildman–Crippen MR) is 91.0 cm³/mol. The summed E-state index contributed by atoms with van der Waals surface area (Å²) in [5.74, 6) is 0.0347. The Kier molecular flexibility index (Phi) is 4.55. The zero-order valence-electron chi connectivity index (χ0n) is 13.4. The molecule has 0 spiro atoms. The van der Waals surface area contributed by atoms with E-state index in [9.17, 15) is 9.90 Å². The molecule has 1 aliphatic heterocycles. The first-order valence-electron chi connectivity index (χ1n) is 7.60. The van der Waals surface area contributed by atoms with Crippen LogP contribution in [-0.2, 0) is 16.8 Å². The van der Waals surface area contributed by atoms with E-state index in [0.29, 0.717) is 28.8 Å². The lowest BCUT2D eigenvalue weighted by Gasteiger charge is -2.39. The van der Waals surface area contributed by atoms with Crippen LogP contribution in [0.2, 0.25) is 10.0 Å². The van der Waals surface area contributed by atoms with Gasteiger partial charge >= 0.3 is 0 Å². The van der Waals surface area contributed by atoms with Gasteiger partial charge in [-0.1, -0.05) is 34.5 Å². The van der Waals surface area contributed by atoms with Gasteiger partial charge in [0.05, 0.1) is 28.7 Å². The summed E-state index contributed by atoms with van der Waals surface area (Å²) in [6, 6.07) is 5.30. The predicted octanol–water partition coefficient (Wildman–Crippen LogP) is 2.44. The minimum absolute atomic E-state index is 0.0347. The summed E-state index contributed by atoms with van der Waals surface area (Å²) < 4.78 is 1.70. The number of aromatic nitrogens is 3. The van der Waals surface area contributed by atoms with E-state index in [0.717, 1.165) is 5.56 Å². The molecule has 1 fully saturated rings. The lowest BCUT2D eigenvalue weighted by Crippen LogP contribution is -2.51. The number of benzene rings is 1. The van der Waals surface area contributed by atoms with Crippen molar-refractivity contribution in [3.05, 3.63) is 45.7 Å². The highest BCUT2D eigenvalue weighted by molar-refractivity contribution is 6.42. The van der Waals surface area contributed by atoms with Crippen molar-refractivity contribution < 1.29 is 9.90 Å². The largest absolute Gasteiger partial charge is 0.384 e. The normalized spacial score (nSPS) is 15.5. The SMILES string of the molecule is CC(C)(O)c1cn(C2CN(C(=O)Cc3ccc(Cl)c(Cl)c3)C2)nn1. The Morgan fingerprint density at radius 2 is 2.04 bits per heavy atom. The Morgan fingerprint density at radius 3 is 2.62 bits per heavy atom. The third-order valence-electron chi connectivity index (χ3n) is 4.07. The smallest absolute Gasteiger partial charge is 0.227 e. The zero-order valence-corrected chi connectivity index (χ0v) is 14.9. The monoisotopic (exact) mass is 368 g/mol. The fourth-order valence-corrected chi connectivity index (χ4v) is 2.82. The zero-order chi connectivity index (χ0) is 17.5. The van der Waals surface area contributed by atoms with Crippen LogP contribution in [0.25, 0.3) is 0 Å². The molecule has 1 aromatic carbocycles. The molecule has 8 heteroatoms. The molecule has 1 amide bonds. The average molecular weight is 369 g/mol. The number of halogens is 2. The molecule has 0 unspecified atom stereocenters. The van der Waals surface area contributed by atoms with Crippen LogP contribution in [0.3, 0.4) is 0 Å². The number of rotatable bonds is 4. The number of hydrogen-bond donors (Lipinski definition) is 1. The molecule has 0 saturated carbocycles. The standard InChI is InChI=1S/C16H18Cl2N4O2/c1-16(2,24)14-9-22(20-19-14)11-7-21(8-11)15(23)6-10-3-4-12(17)13(18)5-10/h3-5,9,11,24H,6-8H2,1-2H3. The van der Waals surface area contributed by atoms with Crippen LogP contribution in [0.15, 0.2) is 24.4 Å². The second-order valence-corrected chi connectivity index (χ2v) is 7.33. The summed E-state index contributed by atoms with van der Waals surface area (Å²) in [6.07, 6.45) is 2.02. The summed E-state index contributed by atoms with van der Waals surface area (Å²) in [5, 5.41) is 18.9. The number of nitrogens with zero attached hydrogens (tertiary/aromatic N) is 4. The average Bonchev–Trinajstić information content (AvgIpc) is 2.91. The van der Waals surface area contributed by atoms with Crippen LogP contribution < -0.4 is 0 Å². The fourth-order valence-electron chi connectivity index (χ4n) is 2.50. The molecule has 6 nitrogen and oxygen atoms in total. The van der Waals surface area contributed by atoms with Gasteiger partial charge in [-0.15, -0.1) is 5.10 Å². The van der Waals surface area contributed by atoms with Gasteiger partial charge in [0.15, 0.2) is 0 Å². The second-order valence-electron chi connectivity index (χ2n) is 6.52. The summed E-state index contributed by atoms with van der Waals surface area (Å²) in [5.41, 5.74) is 0.330. The third-order valence-corrected chi connectivity index (χ3v) is 4.80.